The number of hydrogen-bond acceptors (Lipinski definition) is 16. The molecule has 0 aliphatic carbocycles. The number of nitrogens with zero attached hydrogens (tertiary/aromatic N) is 7. The highest BCUT2D eigenvalue weighted by molar-refractivity contribution is 5.89. The molecule has 0 bridgehead atoms. The van der Waals surface area contributed by atoms with Gasteiger partial charge in [0.1, 0.15) is 29.8 Å². The van der Waals surface area contributed by atoms with Gasteiger partial charge in [0, 0.05) is 24.9 Å². The molecule has 20 heteroatoms. The Balaban J connectivity index is 1.42. The van der Waals surface area contributed by atoms with E-state index in [0.29, 0.717) is 24.5 Å². The minimum Gasteiger partial charge on any atom is -0.453 e. The van der Waals surface area contributed by atoms with Gasteiger partial charge in [-0.05, 0) is 42.2 Å². The molecule has 0 aliphatic rings. The summed E-state index contributed by atoms with van der Waals surface area (Å²) >= 11 is 0. The van der Waals surface area contributed by atoms with Crippen molar-refractivity contribution in [1.82, 2.24) is 30.2 Å². The van der Waals surface area contributed by atoms with Crippen LogP contribution in [0.2, 0.25) is 0 Å². The first kappa shape index (κ1) is 35.9. The van der Waals surface area contributed by atoms with Crippen molar-refractivity contribution in [3.05, 3.63) is 114 Å². The van der Waals surface area contributed by atoms with E-state index in [9.17, 15) is 34.9 Å². The Kier molecular flexibility index (Phi) is 10.8. The van der Waals surface area contributed by atoms with E-state index in [0.717, 1.165) is 22.3 Å². The number of H-pyrrole nitrogens is 1. The largest absolute Gasteiger partial charge is 0.519 e. The van der Waals surface area contributed by atoms with Crippen molar-refractivity contribution in [2.75, 3.05) is 6.61 Å². The van der Waals surface area contributed by atoms with Crippen molar-refractivity contribution in [2.45, 2.75) is 64.9 Å². The number of rotatable bonds is 17. The fourth-order valence-corrected chi connectivity index (χ4v) is 5.30. The number of esters is 1. The van der Waals surface area contributed by atoms with Gasteiger partial charge in [-0.15, -0.1) is 30.4 Å². The molecule has 0 aliphatic heterocycles. The molecule has 3 aromatic heterocycles. The molecule has 0 spiro atoms. The zero-order chi connectivity index (χ0) is 36.7. The first-order chi connectivity index (χ1) is 24.3. The van der Waals surface area contributed by atoms with E-state index in [1.807, 2.05) is 55.5 Å². The second-order valence-corrected chi connectivity index (χ2v) is 11.6. The van der Waals surface area contributed by atoms with Gasteiger partial charge in [-0.25, -0.2) is 14.6 Å². The number of tetrazole rings is 1. The van der Waals surface area contributed by atoms with Gasteiger partial charge in [0.05, 0.1) is 0 Å². The number of imidazole rings is 1. The molecule has 0 saturated heterocycles. The second-order valence-electron chi connectivity index (χ2n) is 11.6. The molecule has 0 fully saturated rings. The predicted molar refractivity (Wildman–Crippen MR) is 170 cm³/mol. The van der Waals surface area contributed by atoms with Crippen LogP contribution in [-0.2, 0) is 46.0 Å². The zero-order valence-electron chi connectivity index (χ0n) is 27.5. The van der Waals surface area contributed by atoms with Crippen LogP contribution in [0.3, 0.4) is 0 Å². The third kappa shape index (κ3) is 8.78. The summed E-state index contributed by atoms with van der Waals surface area (Å²) in [6.45, 7) is 3.48. The SMILES string of the molecule is CCCc1nc(C(C)(C)O)c(C(=O)OCc2oc(=O)oc2CC(CO[N+](=O)[O-])O[N+](=O)[O-])n1Cc1ccc(-c2ccccc2-c2nn[nH]n2)cc1. The number of ether oxygens (including phenoxy) is 1. The predicted octanol–water partition coefficient (Wildman–Crippen LogP) is 3.19. The minimum absolute atomic E-state index is 0.0480. The number of aryl methyl sites for hydroxylation is 1. The van der Waals surface area contributed by atoms with Gasteiger partial charge in [0.15, 0.2) is 23.8 Å². The molecule has 51 heavy (non-hydrogen) atoms. The van der Waals surface area contributed by atoms with E-state index in [4.69, 9.17) is 13.6 Å². The number of hydrogen-bond donors (Lipinski definition) is 2. The first-order valence-electron chi connectivity index (χ1n) is 15.5. The van der Waals surface area contributed by atoms with Crippen LogP contribution in [-0.4, -0.2) is 64.1 Å². The standard InChI is InChI=1S/C31H32N8O12/c1-4-7-25-32-27(31(2,3)42)26(29(40)47-17-24-23(49-30(41)50-24)14-20(51-39(45)46)16-48-38(43)44)37(25)15-18-10-12-19(13-11-18)21-8-5-6-9-22(21)28-33-35-36-34-28/h5-6,8-13,20,42H,4,7,14-17H2,1-3H3,(H,33,34,35,36). The van der Waals surface area contributed by atoms with Crippen molar-refractivity contribution < 1.29 is 43.3 Å². The summed E-state index contributed by atoms with van der Waals surface area (Å²) in [5.74, 6) is -1.86. The number of aromatic nitrogens is 6. The lowest BCUT2D eigenvalue weighted by atomic mass is 9.98. The average Bonchev–Trinajstić information content (AvgIpc) is 3.82. The summed E-state index contributed by atoms with van der Waals surface area (Å²) in [6, 6.07) is 15.2. The third-order valence-electron chi connectivity index (χ3n) is 7.48. The van der Waals surface area contributed by atoms with Crippen LogP contribution in [0.1, 0.15) is 66.3 Å². The van der Waals surface area contributed by atoms with Crippen molar-refractivity contribution in [1.29, 1.82) is 0 Å². The van der Waals surface area contributed by atoms with Crippen LogP contribution in [0.4, 0.5) is 0 Å². The molecule has 5 rings (SSSR count). The van der Waals surface area contributed by atoms with Crippen LogP contribution >= 0.6 is 0 Å². The first-order valence-corrected chi connectivity index (χ1v) is 15.5. The second kappa shape index (κ2) is 15.4. The molecular formula is C31H32N8O12. The van der Waals surface area contributed by atoms with Gasteiger partial charge in [-0.2, -0.15) is 5.21 Å². The maximum atomic E-state index is 13.8. The average molecular weight is 709 g/mol. The highest BCUT2D eigenvalue weighted by Gasteiger charge is 2.33. The van der Waals surface area contributed by atoms with Crippen molar-refractivity contribution in [3.63, 3.8) is 0 Å². The zero-order valence-corrected chi connectivity index (χ0v) is 27.5. The highest BCUT2D eigenvalue weighted by Crippen LogP contribution is 2.31. The molecule has 0 amide bonds. The Morgan fingerprint density at radius 3 is 2.39 bits per heavy atom. The van der Waals surface area contributed by atoms with Gasteiger partial charge in [-0.1, -0.05) is 55.5 Å². The van der Waals surface area contributed by atoms with Crippen LogP contribution in [0.5, 0.6) is 0 Å². The Bertz CT molecular complexity index is 2050. The monoisotopic (exact) mass is 708 g/mol. The number of aromatic amines is 1. The lowest BCUT2D eigenvalue weighted by Gasteiger charge is -2.18. The molecule has 5 aromatic rings. The Morgan fingerprint density at radius 1 is 1.06 bits per heavy atom. The van der Waals surface area contributed by atoms with E-state index >= 15 is 0 Å². The van der Waals surface area contributed by atoms with Crippen molar-refractivity contribution in [3.8, 4) is 22.5 Å². The molecule has 2 aromatic carbocycles. The summed E-state index contributed by atoms with van der Waals surface area (Å²) < 4.78 is 17.1. The third-order valence-corrected chi connectivity index (χ3v) is 7.48. The van der Waals surface area contributed by atoms with Crippen molar-refractivity contribution in [2.24, 2.45) is 0 Å². The van der Waals surface area contributed by atoms with Gasteiger partial charge in [-0.3, -0.25) is 0 Å². The Morgan fingerprint density at radius 2 is 1.76 bits per heavy atom. The van der Waals surface area contributed by atoms with E-state index in [1.165, 1.54) is 13.8 Å². The number of carbonyl (C=O) groups excluding carboxylic acids is 1. The number of aliphatic hydroxyl groups is 1. The molecule has 20 nitrogen and oxygen atoms in total. The van der Waals surface area contributed by atoms with E-state index in [1.54, 1.807) is 4.57 Å². The van der Waals surface area contributed by atoms with Crippen LogP contribution in [0.15, 0.2) is 62.2 Å². The van der Waals surface area contributed by atoms with Crippen LogP contribution in [0.25, 0.3) is 22.5 Å². The minimum atomic E-state index is -1.58. The molecule has 0 radical (unpaired) electrons. The van der Waals surface area contributed by atoms with Gasteiger partial charge in [0.2, 0.25) is 5.82 Å². The summed E-state index contributed by atoms with van der Waals surface area (Å²) in [6.07, 6.45) is -1.02. The van der Waals surface area contributed by atoms with Crippen LogP contribution in [0, 0.1) is 20.2 Å². The summed E-state index contributed by atoms with van der Waals surface area (Å²) in [7, 11) is 0. The fraction of sp³-hybridized carbons (Fsp3) is 0.355. The molecule has 2 N–H and O–H groups in total. The molecular weight excluding hydrogens is 676 g/mol. The maximum absolute atomic E-state index is 13.8. The highest BCUT2D eigenvalue weighted by atomic mass is 17.0. The Labute approximate surface area is 287 Å². The van der Waals surface area contributed by atoms with Gasteiger partial charge in [0.25, 0.3) is 10.2 Å². The Hall–Kier alpha value is -6.44. The fourth-order valence-electron chi connectivity index (χ4n) is 5.30. The number of carbonyl (C=O) groups is 1. The summed E-state index contributed by atoms with van der Waals surface area (Å²) in [5.41, 5.74) is 1.73. The maximum Gasteiger partial charge on any atom is 0.519 e. The molecule has 268 valence electrons. The smallest absolute Gasteiger partial charge is 0.453 e. The summed E-state index contributed by atoms with van der Waals surface area (Å²) in [4.78, 5) is 60.5. The normalized spacial score (nSPS) is 12.0. The molecule has 0 saturated carbocycles. The quantitative estimate of drug-likeness (QED) is 0.0797. The van der Waals surface area contributed by atoms with E-state index in [-0.39, 0.29) is 29.5 Å². The lowest BCUT2D eigenvalue weighted by Crippen LogP contribution is -2.27. The molecule has 3 heterocycles. The topological polar surface area (TPSA) is 267 Å². The number of nitrogens with one attached hydrogen (secondary N) is 1. The summed E-state index contributed by atoms with van der Waals surface area (Å²) in [5, 5.41) is 44.5. The van der Waals surface area contributed by atoms with Crippen LogP contribution < -0.4 is 5.82 Å². The molecule has 1 atom stereocenters. The lowest BCUT2D eigenvalue weighted by molar-refractivity contribution is -0.790. The molecule has 1 unspecified atom stereocenters. The van der Waals surface area contributed by atoms with Gasteiger partial charge >= 0.3 is 11.8 Å². The van der Waals surface area contributed by atoms with Crippen molar-refractivity contribution >= 4 is 5.97 Å². The van der Waals surface area contributed by atoms with Gasteiger partial charge < -0.3 is 32.9 Å². The van der Waals surface area contributed by atoms with E-state index in [2.05, 4.69) is 35.3 Å². The van der Waals surface area contributed by atoms with E-state index < -0.39 is 53.3 Å². The number of benzene rings is 2.